The molecule has 4 nitrogen and oxygen atoms in total. The molecule has 20 heavy (non-hydrogen) atoms. The number of anilines is 1. The van der Waals surface area contributed by atoms with Crippen molar-refractivity contribution in [2.24, 2.45) is 0 Å². The molecule has 2 aromatic rings. The summed E-state index contributed by atoms with van der Waals surface area (Å²) in [6.07, 6.45) is -0.367. The van der Waals surface area contributed by atoms with Gasteiger partial charge < -0.3 is 4.74 Å². The summed E-state index contributed by atoms with van der Waals surface area (Å²) in [5.74, 6) is 0. The molecule has 0 N–H and O–H groups in total. The summed E-state index contributed by atoms with van der Waals surface area (Å²) in [7, 11) is 1.72. The molecule has 0 bridgehead atoms. The Bertz CT molecular complexity index is 644. The third-order valence-corrected chi connectivity index (χ3v) is 2.85. The summed E-state index contributed by atoms with van der Waals surface area (Å²) >= 11 is 0. The molecule has 0 aliphatic rings. The third-order valence-electron chi connectivity index (χ3n) is 2.85. The molecule has 0 unspecified atom stereocenters. The molecular formula is C16H20N2O2. The van der Waals surface area contributed by atoms with E-state index in [-0.39, 0.29) is 6.09 Å². The van der Waals surface area contributed by atoms with Crippen molar-refractivity contribution in [2.45, 2.75) is 33.3 Å². The Kier molecular flexibility index (Phi) is 3.66. The lowest BCUT2D eigenvalue weighted by Gasteiger charge is -2.25. The van der Waals surface area contributed by atoms with Gasteiger partial charge in [-0.1, -0.05) is 18.2 Å². The first kappa shape index (κ1) is 14.3. The maximum atomic E-state index is 12.2. The van der Waals surface area contributed by atoms with Crippen molar-refractivity contribution in [3.63, 3.8) is 0 Å². The molecule has 0 atom stereocenters. The average Bonchev–Trinajstić information content (AvgIpc) is 2.34. The van der Waals surface area contributed by atoms with Crippen LogP contribution in [0, 0.1) is 6.92 Å². The normalized spacial score (nSPS) is 11.4. The number of aryl methyl sites for hydroxylation is 1. The lowest BCUT2D eigenvalue weighted by molar-refractivity contribution is 0.0590. The number of hydrogen-bond acceptors (Lipinski definition) is 3. The van der Waals surface area contributed by atoms with Crippen molar-refractivity contribution < 1.29 is 9.53 Å². The first-order valence-electron chi connectivity index (χ1n) is 6.61. The number of amides is 1. The molecule has 0 aliphatic heterocycles. The molecule has 106 valence electrons. The van der Waals surface area contributed by atoms with Gasteiger partial charge in [-0.25, -0.2) is 4.79 Å². The van der Waals surface area contributed by atoms with Crippen molar-refractivity contribution in [3.05, 3.63) is 36.0 Å². The largest absolute Gasteiger partial charge is 0.443 e. The summed E-state index contributed by atoms with van der Waals surface area (Å²) in [4.78, 5) is 18.2. The quantitative estimate of drug-likeness (QED) is 0.790. The predicted octanol–water partition coefficient (Wildman–Crippen LogP) is 3.91. The molecule has 2 rings (SSSR count). The van der Waals surface area contributed by atoms with Gasteiger partial charge in [0.1, 0.15) is 5.60 Å². The Hall–Kier alpha value is -2.10. The fourth-order valence-electron chi connectivity index (χ4n) is 1.99. The summed E-state index contributed by atoms with van der Waals surface area (Å²) in [5, 5.41) is 0.937. The highest BCUT2D eigenvalue weighted by molar-refractivity contribution is 6.00. The molecule has 4 heteroatoms. The van der Waals surface area contributed by atoms with Gasteiger partial charge >= 0.3 is 6.09 Å². The summed E-state index contributed by atoms with van der Waals surface area (Å²) < 4.78 is 5.41. The molecule has 0 radical (unpaired) electrons. The molecule has 0 spiro atoms. The van der Waals surface area contributed by atoms with E-state index in [0.29, 0.717) is 0 Å². The van der Waals surface area contributed by atoms with Crippen LogP contribution in [0.3, 0.4) is 0 Å². The number of rotatable bonds is 1. The zero-order valence-corrected chi connectivity index (χ0v) is 12.6. The predicted molar refractivity (Wildman–Crippen MR) is 81.1 cm³/mol. The number of fused-ring (bicyclic) bond motifs is 1. The van der Waals surface area contributed by atoms with Crippen LogP contribution in [0.5, 0.6) is 0 Å². The lowest BCUT2D eigenvalue weighted by Crippen LogP contribution is -2.34. The number of carbonyl (C=O) groups is 1. The second-order valence-electron chi connectivity index (χ2n) is 5.84. The summed E-state index contributed by atoms with van der Waals surface area (Å²) in [5.41, 5.74) is 2.04. The zero-order chi connectivity index (χ0) is 14.9. The van der Waals surface area contributed by atoms with E-state index in [2.05, 4.69) is 4.98 Å². The van der Waals surface area contributed by atoms with Gasteiger partial charge in [0.2, 0.25) is 0 Å². The number of para-hydroxylation sites is 1. The Morgan fingerprint density at radius 2 is 1.90 bits per heavy atom. The average molecular weight is 272 g/mol. The van der Waals surface area contributed by atoms with E-state index in [1.165, 1.54) is 4.90 Å². The third kappa shape index (κ3) is 3.07. The standard InChI is InChI=1S/C16H20N2O2/c1-11-10-14(12-8-6-7-9-13(12)17-11)18(5)15(19)20-16(2,3)4/h6-10H,1-5H3. The van der Waals surface area contributed by atoms with Crippen molar-refractivity contribution in [3.8, 4) is 0 Å². The maximum Gasteiger partial charge on any atom is 0.414 e. The van der Waals surface area contributed by atoms with Crippen molar-refractivity contribution >= 4 is 22.7 Å². The number of pyridine rings is 1. The van der Waals surface area contributed by atoms with E-state index >= 15 is 0 Å². The highest BCUT2D eigenvalue weighted by atomic mass is 16.6. The van der Waals surface area contributed by atoms with Crippen LogP contribution in [0.4, 0.5) is 10.5 Å². The van der Waals surface area contributed by atoms with Gasteiger partial charge in [-0.2, -0.15) is 0 Å². The Balaban J connectivity index is 2.44. The molecule has 0 fully saturated rings. The fourth-order valence-corrected chi connectivity index (χ4v) is 1.99. The smallest absolute Gasteiger partial charge is 0.414 e. The first-order chi connectivity index (χ1) is 9.28. The van der Waals surface area contributed by atoms with Crippen molar-refractivity contribution in [2.75, 3.05) is 11.9 Å². The first-order valence-corrected chi connectivity index (χ1v) is 6.61. The van der Waals surface area contributed by atoms with Gasteiger partial charge in [0.25, 0.3) is 0 Å². The molecule has 1 amide bonds. The molecule has 1 aromatic carbocycles. The van der Waals surface area contributed by atoms with Crippen LogP contribution in [-0.4, -0.2) is 23.7 Å². The topological polar surface area (TPSA) is 42.4 Å². The Morgan fingerprint density at radius 1 is 1.25 bits per heavy atom. The van der Waals surface area contributed by atoms with Gasteiger partial charge in [0, 0.05) is 18.1 Å². The molecule has 1 aromatic heterocycles. The SMILES string of the molecule is Cc1cc(N(C)C(=O)OC(C)(C)C)c2ccccc2n1. The second kappa shape index (κ2) is 5.12. The van der Waals surface area contributed by atoms with Crippen LogP contribution in [0.15, 0.2) is 30.3 Å². The number of aromatic nitrogens is 1. The number of hydrogen-bond donors (Lipinski definition) is 0. The minimum Gasteiger partial charge on any atom is -0.443 e. The highest BCUT2D eigenvalue weighted by Gasteiger charge is 2.22. The molecule has 1 heterocycles. The molecule has 0 aliphatic carbocycles. The van der Waals surface area contributed by atoms with Gasteiger partial charge in [-0.15, -0.1) is 0 Å². The van der Waals surface area contributed by atoms with Crippen molar-refractivity contribution in [1.82, 2.24) is 4.98 Å². The number of ether oxygens (including phenoxy) is 1. The summed E-state index contributed by atoms with van der Waals surface area (Å²) in [6.45, 7) is 7.48. The second-order valence-corrected chi connectivity index (χ2v) is 5.84. The van der Waals surface area contributed by atoms with E-state index in [4.69, 9.17) is 4.74 Å². The van der Waals surface area contributed by atoms with Gasteiger partial charge in [-0.05, 0) is 39.8 Å². The van der Waals surface area contributed by atoms with Crippen LogP contribution in [0.2, 0.25) is 0 Å². The van der Waals surface area contributed by atoms with Crippen LogP contribution >= 0.6 is 0 Å². The van der Waals surface area contributed by atoms with Crippen LogP contribution in [-0.2, 0) is 4.74 Å². The highest BCUT2D eigenvalue weighted by Crippen LogP contribution is 2.27. The minimum absolute atomic E-state index is 0.367. The monoisotopic (exact) mass is 272 g/mol. The van der Waals surface area contributed by atoms with Gasteiger partial charge in [0.05, 0.1) is 11.2 Å². The number of carbonyl (C=O) groups excluding carboxylic acids is 1. The van der Waals surface area contributed by atoms with Crippen LogP contribution in [0.25, 0.3) is 10.9 Å². The van der Waals surface area contributed by atoms with Crippen molar-refractivity contribution in [1.29, 1.82) is 0 Å². The van der Waals surface area contributed by atoms with Gasteiger partial charge in [-0.3, -0.25) is 9.88 Å². The van der Waals surface area contributed by atoms with Crippen LogP contribution < -0.4 is 4.90 Å². The van der Waals surface area contributed by atoms with E-state index in [1.54, 1.807) is 7.05 Å². The van der Waals surface area contributed by atoms with E-state index in [1.807, 2.05) is 58.0 Å². The maximum absolute atomic E-state index is 12.2. The van der Waals surface area contributed by atoms with Gasteiger partial charge in [0.15, 0.2) is 0 Å². The zero-order valence-electron chi connectivity index (χ0n) is 12.6. The lowest BCUT2D eigenvalue weighted by atomic mass is 10.1. The Morgan fingerprint density at radius 3 is 2.55 bits per heavy atom. The van der Waals surface area contributed by atoms with E-state index < -0.39 is 5.60 Å². The van der Waals surface area contributed by atoms with E-state index in [9.17, 15) is 4.79 Å². The van der Waals surface area contributed by atoms with Crippen LogP contribution in [0.1, 0.15) is 26.5 Å². The molecule has 0 saturated carbocycles. The van der Waals surface area contributed by atoms with E-state index in [0.717, 1.165) is 22.3 Å². The Labute approximate surface area is 119 Å². The minimum atomic E-state index is -0.511. The summed E-state index contributed by atoms with van der Waals surface area (Å²) in [6, 6.07) is 9.66. The molecule has 0 saturated heterocycles. The molecular weight excluding hydrogens is 252 g/mol. The fraction of sp³-hybridized carbons (Fsp3) is 0.375. The number of benzene rings is 1. The number of nitrogens with zero attached hydrogens (tertiary/aromatic N) is 2.